The van der Waals surface area contributed by atoms with Crippen molar-refractivity contribution < 1.29 is 14.5 Å². The molecule has 0 amide bonds. The van der Waals surface area contributed by atoms with E-state index in [-0.39, 0.29) is 12.3 Å². The van der Waals surface area contributed by atoms with E-state index in [9.17, 15) is 14.9 Å². The van der Waals surface area contributed by atoms with Gasteiger partial charge in [0.2, 0.25) is 0 Å². The van der Waals surface area contributed by atoms with Crippen molar-refractivity contribution in [1.29, 1.82) is 0 Å². The van der Waals surface area contributed by atoms with Gasteiger partial charge in [0.05, 0.1) is 10.5 Å². The predicted molar refractivity (Wildman–Crippen MR) is 99.7 cm³/mol. The number of non-ortho nitro benzene ring substituents is 1. The summed E-state index contributed by atoms with van der Waals surface area (Å²) >= 11 is 0. The highest BCUT2D eigenvalue weighted by Gasteiger charge is 2.09. The molecule has 1 aromatic carbocycles. The molecule has 0 spiro atoms. The van der Waals surface area contributed by atoms with E-state index in [2.05, 4.69) is 6.92 Å². The number of carbonyl (C=O) groups is 1. The van der Waals surface area contributed by atoms with Crippen molar-refractivity contribution in [2.24, 2.45) is 0 Å². The fraction of sp³-hybridized carbons (Fsp3) is 0.550. The molecule has 0 saturated carbocycles. The number of nitro groups is 1. The zero-order valence-corrected chi connectivity index (χ0v) is 15.1. The molecule has 0 fully saturated rings. The molecular weight excluding hydrogens is 318 g/mol. The number of hydrogen-bond acceptors (Lipinski definition) is 4. The summed E-state index contributed by atoms with van der Waals surface area (Å²) in [6, 6.07) is 5.42. The van der Waals surface area contributed by atoms with E-state index in [1.807, 2.05) is 12.2 Å². The summed E-state index contributed by atoms with van der Waals surface area (Å²) in [6.45, 7) is 2.46. The van der Waals surface area contributed by atoms with Crippen molar-refractivity contribution in [3.05, 3.63) is 52.1 Å². The minimum Gasteiger partial charge on any atom is -0.458 e. The highest BCUT2D eigenvalue weighted by atomic mass is 16.6. The van der Waals surface area contributed by atoms with Gasteiger partial charge in [0.1, 0.15) is 6.61 Å². The number of rotatable bonds is 13. The molecule has 0 aliphatic carbocycles. The van der Waals surface area contributed by atoms with Gasteiger partial charge in [-0.05, 0) is 25.0 Å². The van der Waals surface area contributed by atoms with Gasteiger partial charge in [-0.2, -0.15) is 0 Å². The van der Waals surface area contributed by atoms with E-state index in [0.29, 0.717) is 5.56 Å². The number of nitrogens with zero attached hydrogens (tertiary/aromatic N) is 1. The molecule has 0 aromatic heterocycles. The van der Waals surface area contributed by atoms with Gasteiger partial charge in [-0.15, -0.1) is 0 Å². The third-order valence-electron chi connectivity index (χ3n) is 4.02. The molecule has 0 unspecified atom stereocenters. The Morgan fingerprint density at radius 3 is 2.20 bits per heavy atom. The molecular formula is C20H29NO4. The van der Waals surface area contributed by atoms with Crippen molar-refractivity contribution in [3.8, 4) is 0 Å². The monoisotopic (exact) mass is 347 g/mol. The molecule has 1 aromatic rings. The Balaban J connectivity index is 2.07. The van der Waals surface area contributed by atoms with Gasteiger partial charge in [-0.25, -0.2) is 4.79 Å². The number of benzene rings is 1. The quantitative estimate of drug-likeness (QED) is 0.148. The van der Waals surface area contributed by atoms with Crippen LogP contribution in [0.5, 0.6) is 0 Å². The zero-order valence-electron chi connectivity index (χ0n) is 15.1. The number of nitro benzene ring substituents is 1. The van der Waals surface area contributed by atoms with E-state index in [0.717, 1.165) is 6.42 Å². The topological polar surface area (TPSA) is 69.4 Å². The molecule has 5 heteroatoms. The van der Waals surface area contributed by atoms with E-state index in [4.69, 9.17) is 4.74 Å². The second-order valence-electron chi connectivity index (χ2n) is 6.14. The van der Waals surface area contributed by atoms with E-state index >= 15 is 0 Å². The van der Waals surface area contributed by atoms with Gasteiger partial charge in [0, 0.05) is 12.1 Å². The number of esters is 1. The van der Waals surface area contributed by atoms with Crippen LogP contribution in [0.4, 0.5) is 5.69 Å². The van der Waals surface area contributed by atoms with Crippen molar-refractivity contribution in [3.63, 3.8) is 0 Å². The van der Waals surface area contributed by atoms with Gasteiger partial charge >= 0.3 is 5.97 Å². The summed E-state index contributed by atoms with van der Waals surface area (Å²) < 4.78 is 5.12. The van der Waals surface area contributed by atoms with Crippen LogP contribution in [0.25, 0.3) is 0 Å². The van der Waals surface area contributed by atoms with Gasteiger partial charge in [-0.3, -0.25) is 10.1 Å². The lowest BCUT2D eigenvalue weighted by Crippen LogP contribution is -2.05. The lowest BCUT2D eigenvalue weighted by Gasteiger charge is -2.02. The van der Waals surface area contributed by atoms with E-state index < -0.39 is 10.9 Å². The van der Waals surface area contributed by atoms with Gasteiger partial charge in [-0.1, -0.05) is 64.0 Å². The number of ether oxygens (including phenoxy) is 1. The first-order valence-corrected chi connectivity index (χ1v) is 9.21. The summed E-state index contributed by atoms with van der Waals surface area (Å²) in [5, 5.41) is 10.6. The molecule has 25 heavy (non-hydrogen) atoms. The first kappa shape index (κ1) is 20.9. The SMILES string of the molecule is CCCCCCCCCC/C=C/COC(=O)c1ccc([N+](=O)[O-])cc1. The van der Waals surface area contributed by atoms with Crippen molar-refractivity contribution >= 4 is 11.7 Å². The Hall–Kier alpha value is -2.17. The van der Waals surface area contributed by atoms with Gasteiger partial charge in [0.25, 0.3) is 5.69 Å². The van der Waals surface area contributed by atoms with Crippen molar-refractivity contribution in [2.75, 3.05) is 6.61 Å². The molecule has 0 aliphatic heterocycles. The Morgan fingerprint density at radius 1 is 1.00 bits per heavy atom. The summed E-state index contributed by atoms with van der Waals surface area (Å²) in [5.74, 6) is -0.466. The van der Waals surface area contributed by atoms with Crippen molar-refractivity contribution in [1.82, 2.24) is 0 Å². The Morgan fingerprint density at radius 2 is 1.60 bits per heavy atom. The third kappa shape index (κ3) is 9.65. The lowest BCUT2D eigenvalue weighted by molar-refractivity contribution is -0.384. The molecule has 0 N–H and O–H groups in total. The lowest BCUT2D eigenvalue weighted by atomic mass is 10.1. The second kappa shape index (κ2) is 13.2. The summed E-state index contributed by atoms with van der Waals surface area (Å²) in [4.78, 5) is 21.8. The zero-order chi connectivity index (χ0) is 18.3. The Bertz CT molecular complexity index is 537. The fourth-order valence-electron chi connectivity index (χ4n) is 2.51. The Labute approximate surface area is 150 Å². The molecule has 0 bridgehead atoms. The maximum absolute atomic E-state index is 11.8. The molecule has 0 heterocycles. The van der Waals surface area contributed by atoms with Gasteiger partial charge in [0.15, 0.2) is 0 Å². The molecule has 0 aliphatic rings. The van der Waals surface area contributed by atoms with Crippen LogP contribution in [-0.4, -0.2) is 17.5 Å². The average molecular weight is 347 g/mol. The minimum absolute atomic E-state index is 0.0400. The first-order valence-electron chi connectivity index (χ1n) is 9.21. The number of hydrogen-bond donors (Lipinski definition) is 0. The molecule has 138 valence electrons. The minimum atomic E-state index is -0.497. The van der Waals surface area contributed by atoms with E-state index in [1.165, 1.54) is 75.6 Å². The Kier molecular flexibility index (Phi) is 11.0. The first-order chi connectivity index (χ1) is 12.1. The predicted octanol–water partition coefficient (Wildman–Crippen LogP) is 5.84. The van der Waals surface area contributed by atoms with Crippen LogP contribution >= 0.6 is 0 Å². The molecule has 0 saturated heterocycles. The maximum Gasteiger partial charge on any atom is 0.338 e. The van der Waals surface area contributed by atoms with Gasteiger partial charge < -0.3 is 4.74 Å². The highest BCUT2D eigenvalue weighted by Crippen LogP contribution is 2.13. The fourth-order valence-corrected chi connectivity index (χ4v) is 2.51. The van der Waals surface area contributed by atoms with Crippen molar-refractivity contribution in [2.45, 2.75) is 64.7 Å². The molecule has 0 atom stereocenters. The summed E-state index contributed by atoms with van der Waals surface area (Å²) in [7, 11) is 0. The largest absolute Gasteiger partial charge is 0.458 e. The standard InChI is InChI=1S/C20H29NO4/c1-2-3-4-5-6-7-8-9-10-11-12-17-25-20(22)18-13-15-19(16-14-18)21(23)24/h11-16H,2-10,17H2,1H3/b12-11+. The highest BCUT2D eigenvalue weighted by molar-refractivity contribution is 5.89. The third-order valence-corrected chi connectivity index (χ3v) is 4.02. The molecule has 0 radical (unpaired) electrons. The normalized spacial score (nSPS) is 10.9. The average Bonchev–Trinajstić information content (AvgIpc) is 2.62. The number of carbonyl (C=O) groups excluding carboxylic acids is 1. The van der Waals surface area contributed by atoms with Crippen LogP contribution in [0.15, 0.2) is 36.4 Å². The van der Waals surface area contributed by atoms with Crippen LogP contribution in [0, 0.1) is 10.1 Å². The summed E-state index contributed by atoms with van der Waals surface area (Å²) in [6.07, 6.45) is 15.3. The van der Waals surface area contributed by atoms with Crippen LogP contribution in [0.2, 0.25) is 0 Å². The van der Waals surface area contributed by atoms with Crippen LogP contribution < -0.4 is 0 Å². The number of allylic oxidation sites excluding steroid dienone is 1. The summed E-state index contributed by atoms with van der Waals surface area (Å²) in [5.41, 5.74) is 0.281. The number of unbranched alkanes of at least 4 members (excludes halogenated alkanes) is 8. The second-order valence-corrected chi connectivity index (χ2v) is 6.14. The van der Waals surface area contributed by atoms with Crippen LogP contribution in [0.3, 0.4) is 0 Å². The smallest absolute Gasteiger partial charge is 0.338 e. The van der Waals surface area contributed by atoms with E-state index in [1.54, 1.807) is 0 Å². The van der Waals surface area contributed by atoms with Crippen LogP contribution in [-0.2, 0) is 4.74 Å². The van der Waals surface area contributed by atoms with Crippen LogP contribution in [0.1, 0.15) is 75.1 Å². The molecule has 1 rings (SSSR count). The maximum atomic E-state index is 11.8. The molecule has 5 nitrogen and oxygen atoms in total.